The van der Waals surface area contributed by atoms with E-state index in [9.17, 15) is 14.9 Å². The number of nitrogens with two attached hydrogens (primary N) is 1. The second-order valence-electron chi connectivity index (χ2n) is 4.71. The first-order valence-electron chi connectivity index (χ1n) is 6.55. The third kappa shape index (κ3) is 3.92. The number of amides is 1. The molecule has 0 fully saturated rings. The number of rotatable bonds is 4. The third-order valence-electron chi connectivity index (χ3n) is 2.94. The monoisotopic (exact) mass is 297 g/mol. The molecule has 0 aromatic heterocycles. The SMILES string of the molecule is CC(=O)Nc1ccc(/C=C/c2ccc(N)cc2[N+](=O)[O-])cc1. The van der Waals surface area contributed by atoms with E-state index in [4.69, 9.17) is 5.73 Å². The van der Waals surface area contributed by atoms with Crippen molar-refractivity contribution in [3.8, 4) is 0 Å². The van der Waals surface area contributed by atoms with E-state index in [0.29, 0.717) is 16.9 Å². The summed E-state index contributed by atoms with van der Waals surface area (Å²) in [5, 5.41) is 13.7. The highest BCUT2D eigenvalue weighted by atomic mass is 16.6. The fourth-order valence-electron chi connectivity index (χ4n) is 1.93. The molecular weight excluding hydrogens is 282 g/mol. The molecule has 6 heteroatoms. The number of nitro groups is 1. The zero-order valence-corrected chi connectivity index (χ0v) is 11.9. The van der Waals surface area contributed by atoms with Crippen molar-refractivity contribution in [2.45, 2.75) is 6.92 Å². The number of hydrogen-bond acceptors (Lipinski definition) is 4. The number of carbonyl (C=O) groups excluding carboxylic acids is 1. The Labute approximate surface area is 127 Å². The molecule has 6 nitrogen and oxygen atoms in total. The molecule has 2 rings (SSSR count). The van der Waals surface area contributed by atoms with Crippen molar-refractivity contribution in [1.29, 1.82) is 0 Å². The van der Waals surface area contributed by atoms with Crippen LogP contribution in [0.15, 0.2) is 42.5 Å². The number of hydrogen-bond donors (Lipinski definition) is 2. The Hall–Kier alpha value is -3.15. The minimum Gasteiger partial charge on any atom is -0.399 e. The minimum absolute atomic E-state index is 0.0360. The molecule has 2 aromatic carbocycles. The van der Waals surface area contributed by atoms with Crippen LogP contribution >= 0.6 is 0 Å². The van der Waals surface area contributed by atoms with E-state index in [-0.39, 0.29) is 11.6 Å². The molecule has 2 aromatic rings. The topological polar surface area (TPSA) is 98.3 Å². The molecule has 22 heavy (non-hydrogen) atoms. The summed E-state index contributed by atoms with van der Waals surface area (Å²) in [6.45, 7) is 1.44. The normalized spacial score (nSPS) is 10.6. The van der Waals surface area contributed by atoms with E-state index < -0.39 is 4.92 Å². The van der Waals surface area contributed by atoms with Crippen LogP contribution < -0.4 is 11.1 Å². The van der Waals surface area contributed by atoms with Crippen LogP contribution in [0.1, 0.15) is 18.1 Å². The zero-order valence-electron chi connectivity index (χ0n) is 11.9. The number of anilines is 2. The van der Waals surface area contributed by atoms with Crippen molar-refractivity contribution in [3.63, 3.8) is 0 Å². The maximum atomic E-state index is 11.0. The summed E-state index contributed by atoms with van der Waals surface area (Å²) in [5.74, 6) is -0.138. The predicted octanol–water partition coefficient (Wildman–Crippen LogP) is 3.31. The Morgan fingerprint density at radius 3 is 2.45 bits per heavy atom. The van der Waals surface area contributed by atoms with Crippen LogP contribution in [0.5, 0.6) is 0 Å². The molecule has 0 spiro atoms. The van der Waals surface area contributed by atoms with Crippen LogP contribution in [0, 0.1) is 10.1 Å². The molecular formula is C16H15N3O3. The zero-order chi connectivity index (χ0) is 16.1. The van der Waals surface area contributed by atoms with E-state index in [2.05, 4.69) is 5.32 Å². The molecule has 0 atom stereocenters. The molecule has 0 aliphatic carbocycles. The first-order chi connectivity index (χ1) is 10.5. The van der Waals surface area contributed by atoms with Gasteiger partial charge in [0.2, 0.25) is 5.91 Å². The van der Waals surface area contributed by atoms with Crippen molar-refractivity contribution < 1.29 is 9.72 Å². The van der Waals surface area contributed by atoms with E-state index in [1.54, 1.807) is 36.4 Å². The molecule has 0 saturated carbocycles. The first-order valence-corrected chi connectivity index (χ1v) is 6.55. The largest absolute Gasteiger partial charge is 0.399 e. The van der Waals surface area contributed by atoms with Gasteiger partial charge in [-0.25, -0.2) is 0 Å². The summed E-state index contributed by atoms with van der Waals surface area (Å²) in [7, 11) is 0. The van der Waals surface area contributed by atoms with E-state index in [1.165, 1.54) is 13.0 Å². The van der Waals surface area contributed by atoms with Gasteiger partial charge >= 0.3 is 0 Å². The van der Waals surface area contributed by atoms with Crippen LogP contribution in [0.2, 0.25) is 0 Å². The van der Waals surface area contributed by atoms with E-state index >= 15 is 0 Å². The van der Waals surface area contributed by atoms with Crippen molar-refractivity contribution in [2.75, 3.05) is 11.1 Å². The van der Waals surface area contributed by atoms with Gasteiger partial charge in [0.15, 0.2) is 0 Å². The molecule has 112 valence electrons. The van der Waals surface area contributed by atoms with Crippen LogP contribution in [0.4, 0.5) is 17.1 Å². The Kier molecular flexibility index (Phi) is 4.53. The molecule has 0 unspecified atom stereocenters. The standard InChI is InChI=1S/C16H15N3O3/c1-11(20)18-15-8-3-12(4-9-15)2-5-13-6-7-14(17)10-16(13)19(21)22/h2-10H,17H2,1H3,(H,18,20)/b5-2+. The number of nitrogen functional groups attached to an aromatic ring is 1. The lowest BCUT2D eigenvalue weighted by molar-refractivity contribution is -0.385. The van der Waals surface area contributed by atoms with Gasteiger partial charge in [-0.3, -0.25) is 14.9 Å². The summed E-state index contributed by atoms with van der Waals surface area (Å²) in [6.07, 6.45) is 3.42. The highest BCUT2D eigenvalue weighted by Gasteiger charge is 2.11. The first kappa shape index (κ1) is 15.2. The van der Waals surface area contributed by atoms with Crippen LogP contribution in [0.25, 0.3) is 12.2 Å². The van der Waals surface area contributed by atoms with Crippen molar-refractivity contribution >= 4 is 35.1 Å². The molecule has 3 N–H and O–H groups in total. The number of nitrogens with one attached hydrogen (secondary N) is 1. The van der Waals surface area contributed by atoms with Gasteiger partial charge in [0.25, 0.3) is 5.69 Å². The van der Waals surface area contributed by atoms with Gasteiger partial charge in [-0.05, 0) is 35.9 Å². The van der Waals surface area contributed by atoms with Crippen LogP contribution in [-0.4, -0.2) is 10.8 Å². The average molecular weight is 297 g/mol. The minimum atomic E-state index is -0.462. The van der Waals surface area contributed by atoms with Gasteiger partial charge in [-0.1, -0.05) is 18.2 Å². The molecule has 0 aliphatic rings. The summed E-state index contributed by atoms with van der Waals surface area (Å²) < 4.78 is 0. The van der Waals surface area contributed by atoms with Gasteiger partial charge in [0.1, 0.15) is 0 Å². The van der Waals surface area contributed by atoms with Crippen molar-refractivity contribution in [3.05, 3.63) is 63.7 Å². The van der Waals surface area contributed by atoms with Gasteiger partial charge in [-0.15, -0.1) is 0 Å². The molecule has 0 bridgehead atoms. The fraction of sp³-hybridized carbons (Fsp3) is 0.0625. The summed E-state index contributed by atoms with van der Waals surface area (Å²) in [5.41, 5.74) is 7.92. The second-order valence-corrected chi connectivity index (χ2v) is 4.71. The lowest BCUT2D eigenvalue weighted by Gasteiger charge is -2.02. The summed E-state index contributed by atoms with van der Waals surface area (Å²) in [6, 6.07) is 11.7. The Bertz CT molecular complexity index is 737. The predicted molar refractivity (Wildman–Crippen MR) is 87.2 cm³/mol. The second kappa shape index (κ2) is 6.53. The smallest absolute Gasteiger partial charge is 0.278 e. The van der Waals surface area contributed by atoms with Crippen molar-refractivity contribution in [1.82, 2.24) is 0 Å². The van der Waals surface area contributed by atoms with E-state index in [0.717, 1.165) is 5.56 Å². The maximum Gasteiger partial charge on any atom is 0.278 e. The lowest BCUT2D eigenvalue weighted by Crippen LogP contribution is -2.05. The molecule has 0 radical (unpaired) electrons. The number of nitro benzene ring substituents is 1. The Morgan fingerprint density at radius 1 is 1.18 bits per heavy atom. The molecule has 0 aliphatic heterocycles. The van der Waals surface area contributed by atoms with Gasteiger partial charge in [-0.2, -0.15) is 0 Å². The third-order valence-corrected chi connectivity index (χ3v) is 2.94. The number of benzene rings is 2. The average Bonchev–Trinajstić information content (AvgIpc) is 2.46. The highest BCUT2D eigenvalue weighted by molar-refractivity contribution is 5.88. The molecule has 0 heterocycles. The highest BCUT2D eigenvalue weighted by Crippen LogP contribution is 2.24. The van der Waals surface area contributed by atoms with Crippen LogP contribution in [0.3, 0.4) is 0 Å². The summed E-state index contributed by atoms with van der Waals surface area (Å²) >= 11 is 0. The van der Waals surface area contributed by atoms with Gasteiger partial charge in [0.05, 0.1) is 10.5 Å². The maximum absolute atomic E-state index is 11.0. The van der Waals surface area contributed by atoms with Gasteiger partial charge in [0, 0.05) is 24.4 Å². The quantitative estimate of drug-likeness (QED) is 0.391. The van der Waals surface area contributed by atoms with Crippen LogP contribution in [-0.2, 0) is 4.79 Å². The fourth-order valence-corrected chi connectivity index (χ4v) is 1.93. The number of nitrogens with zero attached hydrogens (tertiary/aromatic N) is 1. The Balaban J connectivity index is 2.22. The summed E-state index contributed by atoms with van der Waals surface area (Å²) in [4.78, 5) is 21.5. The number of carbonyl (C=O) groups is 1. The van der Waals surface area contributed by atoms with E-state index in [1.807, 2.05) is 12.1 Å². The molecule has 0 saturated heterocycles. The van der Waals surface area contributed by atoms with Gasteiger partial charge < -0.3 is 11.1 Å². The molecule has 1 amide bonds. The Morgan fingerprint density at radius 2 is 1.86 bits per heavy atom. The lowest BCUT2D eigenvalue weighted by atomic mass is 10.1. The van der Waals surface area contributed by atoms with Crippen molar-refractivity contribution in [2.24, 2.45) is 0 Å².